The van der Waals surface area contributed by atoms with E-state index in [1.807, 2.05) is 0 Å². The van der Waals surface area contributed by atoms with Crippen molar-refractivity contribution in [2.24, 2.45) is 11.8 Å². The van der Waals surface area contributed by atoms with Gasteiger partial charge in [-0.15, -0.1) is 0 Å². The molecule has 2 aliphatic heterocycles. The smallest absolute Gasteiger partial charge is 0.0372 e. The van der Waals surface area contributed by atoms with Crippen LogP contribution in [0.5, 0.6) is 0 Å². The minimum absolute atomic E-state index is 0.761. The number of fused-ring (bicyclic) bond motifs is 1. The first kappa shape index (κ1) is 14.9. The molecule has 21 heavy (non-hydrogen) atoms. The zero-order chi connectivity index (χ0) is 14.7. The first-order valence-corrected chi connectivity index (χ1v) is 8.47. The second kappa shape index (κ2) is 6.80. The third kappa shape index (κ3) is 3.98. The normalized spacial score (nSPS) is 23.9. The maximum absolute atomic E-state index is 3.60. The van der Waals surface area contributed by atoms with Crippen LogP contribution in [-0.2, 0) is 6.42 Å². The van der Waals surface area contributed by atoms with Gasteiger partial charge in [0.2, 0.25) is 0 Å². The number of benzene rings is 1. The van der Waals surface area contributed by atoms with Gasteiger partial charge in [0.1, 0.15) is 0 Å². The Morgan fingerprint density at radius 1 is 1.10 bits per heavy atom. The molecule has 1 aromatic rings. The molecular weight excluding hydrogens is 258 g/mol. The summed E-state index contributed by atoms with van der Waals surface area (Å²) in [6.45, 7) is 13.2. The van der Waals surface area contributed by atoms with Crippen LogP contribution in [0.15, 0.2) is 24.3 Å². The first-order valence-electron chi connectivity index (χ1n) is 8.47. The van der Waals surface area contributed by atoms with Gasteiger partial charge >= 0.3 is 0 Å². The highest BCUT2D eigenvalue weighted by atomic mass is 15.3. The number of piperazine rings is 1. The molecule has 3 nitrogen and oxygen atoms in total. The molecule has 1 N–H and O–H groups in total. The fraction of sp³-hybridized carbons (Fsp3) is 0.667. The van der Waals surface area contributed by atoms with Gasteiger partial charge in [-0.2, -0.15) is 0 Å². The molecule has 1 atom stereocenters. The van der Waals surface area contributed by atoms with Gasteiger partial charge in [-0.3, -0.25) is 0 Å². The summed E-state index contributed by atoms with van der Waals surface area (Å²) >= 11 is 0. The molecule has 0 saturated carbocycles. The van der Waals surface area contributed by atoms with E-state index in [2.05, 4.69) is 53.2 Å². The number of para-hydroxylation sites is 1. The van der Waals surface area contributed by atoms with Crippen LogP contribution in [0.3, 0.4) is 0 Å². The lowest BCUT2D eigenvalue weighted by atomic mass is 9.93. The summed E-state index contributed by atoms with van der Waals surface area (Å²) < 4.78 is 0. The average Bonchev–Trinajstić information content (AvgIpc) is 2.49. The second-order valence-corrected chi connectivity index (χ2v) is 7.10. The molecule has 2 aliphatic rings. The first-order chi connectivity index (χ1) is 10.2. The Morgan fingerprint density at radius 3 is 2.57 bits per heavy atom. The SMILES string of the molecule is CC(C)CN1CCN(CC2CNc3ccccc3C2)CC1. The van der Waals surface area contributed by atoms with E-state index in [1.165, 1.54) is 56.9 Å². The minimum Gasteiger partial charge on any atom is -0.384 e. The number of anilines is 1. The highest BCUT2D eigenvalue weighted by molar-refractivity contribution is 5.53. The fourth-order valence-electron chi connectivity index (χ4n) is 3.67. The van der Waals surface area contributed by atoms with Crippen molar-refractivity contribution in [3.63, 3.8) is 0 Å². The topological polar surface area (TPSA) is 18.5 Å². The summed E-state index contributed by atoms with van der Waals surface area (Å²) in [4.78, 5) is 5.28. The summed E-state index contributed by atoms with van der Waals surface area (Å²) in [5, 5.41) is 3.60. The minimum atomic E-state index is 0.761. The molecule has 3 rings (SSSR count). The third-order valence-electron chi connectivity index (χ3n) is 4.71. The lowest BCUT2D eigenvalue weighted by Crippen LogP contribution is -2.49. The largest absolute Gasteiger partial charge is 0.384 e. The van der Waals surface area contributed by atoms with Crippen LogP contribution >= 0.6 is 0 Å². The molecule has 1 fully saturated rings. The molecule has 3 heteroatoms. The van der Waals surface area contributed by atoms with Gasteiger partial charge in [-0.1, -0.05) is 32.0 Å². The van der Waals surface area contributed by atoms with E-state index in [4.69, 9.17) is 0 Å². The molecule has 0 amide bonds. The monoisotopic (exact) mass is 287 g/mol. The van der Waals surface area contributed by atoms with E-state index >= 15 is 0 Å². The van der Waals surface area contributed by atoms with E-state index in [0.29, 0.717) is 0 Å². The van der Waals surface area contributed by atoms with Crippen molar-refractivity contribution in [2.75, 3.05) is 51.1 Å². The van der Waals surface area contributed by atoms with Crippen LogP contribution in [0.1, 0.15) is 19.4 Å². The molecule has 0 radical (unpaired) electrons. The second-order valence-electron chi connectivity index (χ2n) is 7.10. The molecule has 0 aliphatic carbocycles. The Balaban J connectivity index is 1.46. The van der Waals surface area contributed by atoms with Crippen LogP contribution < -0.4 is 5.32 Å². The summed E-state index contributed by atoms with van der Waals surface area (Å²) in [5.74, 6) is 1.55. The van der Waals surface area contributed by atoms with Crippen LogP contribution in [0.2, 0.25) is 0 Å². The van der Waals surface area contributed by atoms with E-state index in [9.17, 15) is 0 Å². The Bertz CT molecular complexity index is 450. The van der Waals surface area contributed by atoms with Crippen molar-refractivity contribution >= 4 is 5.69 Å². The van der Waals surface area contributed by atoms with E-state index in [0.717, 1.165) is 18.4 Å². The zero-order valence-corrected chi connectivity index (χ0v) is 13.5. The summed E-state index contributed by atoms with van der Waals surface area (Å²) in [6, 6.07) is 8.76. The maximum atomic E-state index is 3.60. The standard InChI is InChI=1S/C18H29N3/c1-15(2)13-20-7-9-21(10-8-20)14-16-11-17-5-3-4-6-18(17)19-12-16/h3-6,15-16,19H,7-14H2,1-2H3. The average molecular weight is 287 g/mol. The predicted octanol–water partition coefficient (Wildman–Crippen LogP) is 2.54. The molecule has 1 unspecified atom stereocenters. The number of hydrogen-bond donors (Lipinski definition) is 1. The Morgan fingerprint density at radius 2 is 1.81 bits per heavy atom. The van der Waals surface area contributed by atoms with Crippen molar-refractivity contribution in [2.45, 2.75) is 20.3 Å². The van der Waals surface area contributed by atoms with Crippen molar-refractivity contribution in [3.8, 4) is 0 Å². The lowest BCUT2D eigenvalue weighted by molar-refractivity contribution is 0.110. The number of nitrogens with one attached hydrogen (secondary N) is 1. The van der Waals surface area contributed by atoms with Crippen LogP contribution in [-0.4, -0.2) is 55.6 Å². The van der Waals surface area contributed by atoms with Gasteiger partial charge in [-0.05, 0) is 29.9 Å². The van der Waals surface area contributed by atoms with Crippen LogP contribution in [0.4, 0.5) is 5.69 Å². The van der Waals surface area contributed by atoms with Gasteiger partial charge in [0.15, 0.2) is 0 Å². The number of hydrogen-bond acceptors (Lipinski definition) is 3. The number of nitrogens with zero attached hydrogens (tertiary/aromatic N) is 2. The molecule has 1 aromatic carbocycles. The van der Waals surface area contributed by atoms with E-state index in [1.54, 1.807) is 0 Å². The summed E-state index contributed by atoms with van der Waals surface area (Å²) in [7, 11) is 0. The molecule has 0 bridgehead atoms. The Hall–Kier alpha value is -1.06. The van der Waals surface area contributed by atoms with E-state index < -0.39 is 0 Å². The zero-order valence-electron chi connectivity index (χ0n) is 13.5. The van der Waals surface area contributed by atoms with Gasteiger partial charge in [0.25, 0.3) is 0 Å². The molecule has 2 heterocycles. The summed E-state index contributed by atoms with van der Waals surface area (Å²) in [5.41, 5.74) is 2.84. The van der Waals surface area contributed by atoms with E-state index in [-0.39, 0.29) is 0 Å². The molecule has 1 saturated heterocycles. The fourth-order valence-corrected chi connectivity index (χ4v) is 3.67. The summed E-state index contributed by atoms with van der Waals surface area (Å²) in [6.07, 6.45) is 1.23. The van der Waals surface area contributed by atoms with Crippen molar-refractivity contribution in [3.05, 3.63) is 29.8 Å². The number of rotatable bonds is 4. The Kier molecular flexibility index (Phi) is 4.81. The highest BCUT2D eigenvalue weighted by Crippen LogP contribution is 2.25. The molecular formula is C18H29N3. The molecule has 0 spiro atoms. The van der Waals surface area contributed by atoms with Gasteiger partial charge in [0.05, 0.1) is 0 Å². The molecule has 116 valence electrons. The van der Waals surface area contributed by atoms with Crippen molar-refractivity contribution < 1.29 is 0 Å². The van der Waals surface area contributed by atoms with Gasteiger partial charge in [-0.25, -0.2) is 0 Å². The maximum Gasteiger partial charge on any atom is 0.0372 e. The Labute approximate surface area is 129 Å². The molecule has 0 aromatic heterocycles. The van der Waals surface area contributed by atoms with Crippen LogP contribution in [0.25, 0.3) is 0 Å². The van der Waals surface area contributed by atoms with Gasteiger partial charge < -0.3 is 15.1 Å². The predicted molar refractivity (Wildman–Crippen MR) is 89.8 cm³/mol. The van der Waals surface area contributed by atoms with Crippen LogP contribution in [0, 0.1) is 11.8 Å². The van der Waals surface area contributed by atoms with Crippen molar-refractivity contribution in [1.82, 2.24) is 9.80 Å². The third-order valence-corrected chi connectivity index (χ3v) is 4.71. The van der Waals surface area contributed by atoms with Gasteiger partial charge in [0, 0.05) is 51.5 Å². The van der Waals surface area contributed by atoms with Crippen molar-refractivity contribution in [1.29, 1.82) is 0 Å². The quantitative estimate of drug-likeness (QED) is 0.918. The lowest BCUT2D eigenvalue weighted by Gasteiger charge is -2.38. The highest BCUT2D eigenvalue weighted by Gasteiger charge is 2.23.